The molecular formula is C15H15ClN4O. The highest BCUT2D eigenvalue weighted by Gasteiger charge is 2.14. The summed E-state index contributed by atoms with van der Waals surface area (Å²) in [6, 6.07) is 10.4. The van der Waals surface area contributed by atoms with Gasteiger partial charge in [-0.1, -0.05) is 11.6 Å². The van der Waals surface area contributed by atoms with E-state index in [-0.39, 0.29) is 5.91 Å². The van der Waals surface area contributed by atoms with Crippen molar-refractivity contribution in [1.29, 1.82) is 0 Å². The first-order valence-corrected chi connectivity index (χ1v) is 7.26. The molecule has 0 spiro atoms. The first-order chi connectivity index (χ1) is 10.2. The Morgan fingerprint density at radius 3 is 2.38 bits per heavy atom. The summed E-state index contributed by atoms with van der Waals surface area (Å²) in [7, 11) is 0. The lowest BCUT2D eigenvalue weighted by molar-refractivity contribution is 0.102. The lowest BCUT2D eigenvalue weighted by atomic mass is 10.2. The second-order valence-corrected chi connectivity index (χ2v) is 5.37. The van der Waals surface area contributed by atoms with Crippen LogP contribution < -0.4 is 10.2 Å². The summed E-state index contributed by atoms with van der Waals surface area (Å²) >= 11 is 5.80. The molecule has 0 aliphatic carbocycles. The molecule has 1 aromatic heterocycles. The summed E-state index contributed by atoms with van der Waals surface area (Å²) in [6.45, 7) is 2.04. The summed E-state index contributed by atoms with van der Waals surface area (Å²) in [5.41, 5.74) is 0.532. The van der Waals surface area contributed by atoms with Crippen LogP contribution in [0.15, 0.2) is 36.4 Å². The molecule has 1 aromatic carbocycles. The summed E-state index contributed by atoms with van der Waals surface area (Å²) in [6.07, 6.45) is 2.38. The minimum absolute atomic E-state index is 0.227. The zero-order chi connectivity index (χ0) is 14.7. The van der Waals surface area contributed by atoms with Crippen molar-refractivity contribution in [1.82, 2.24) is 10.2 Å². The van der Waals surface area contributed by atoms with Crippen LogP contribution in [0.2, 0.25) is 5.02 Å². The minimum Gasteiger partial charge on any atom is -0.355 e. The highest BCUT2D eigenvalue weighted by Crippen LogP contribution is 2.18. The standard InChI is InChI=1S/C15H15ClN4O/c16-12-5-3-11(4-6-12)15(21)17-13-7-8-14(19-18-13)20-9-1-2-10-20/h3-8H,1-2,9-10H2,(H,17,18,21). The van der Waals surface area contributed by atoms with Crippen LogP contribution >= 0.6 is 11.6 Å². The summed E-state index contributed by atoms with van der Waals surface area (Å²) < 4.78 is 0. The van der Waals surface area contributed by atoms with E-state index in [9.17, 15) is 4.79 Å². The van der Waals surface area contributed by atoms with Crippen LogP contribution in [0.1, 0.15) is 23.2 Å². The fraction of sp³-hybridized carbons (Fsp3) is 0.267. The number of hydrogen-bond acceptors (Lipinski definition) is 4. The van der Waals surface area contributed by atoms with E-state index in [1.165, 1.54) is 12.8 Å². The number of aromatic nitrogens is 2. The van der Waals surface area contributed by atoms with Crippen molar-refractivity contribution in [3.05, 3.63) is 47.0 Å². The van der Waals surface area contributed by atoms with Gasteiger partial charge in [-0.25, -0.2) is 0 Å². The number of anilines is 2. The average Bonchev–Trinajstić information content (AvgIpc) is 3.03. The number of carbonyl (C=O) groups is 1. The maximum absolute atomic E-state index is 12.0. The Hall–Kier alpha value is -2.14. The highest BCUT2D eigenvalue weighted by atomic mass is 35.5. The second-order valence-electron chi connectivity index (χ2n) is 4.93. The Labute approximate surface area is 127 Å². The molecule has 6 heteroatoms. The van der Waals surface area contributed by atoms with E-state index in [4.69, 9.17) is 11.6 Å². The number of amides is 1. The Morgan fingerprint density at radius 2 is 1.76 bits per heavy atom. The third-order valence-corrected chi connectivity index (χ3v) is 3.68. The van der Waals surface area contributed by atoms with Gasteiger partial charge in [0.05, 0.1) is 0 Å². The van der Waals surface area contributed by atoms with Gasteiger partial charge in [-0.15, -0.1) is 10.2 Å². The Balaban J connectivity index is 1.67. The van der Waals surface area contributed by atoms with Crippen LogP contribution in [0, 0.1) is 0 Å². The molecule has 21 heavy (non-hydrogen) atoms. The van der Waals surface area contributed by atoms with E-state index in [1.54, 1.807) is 30.3 Å². The smallest absolute Gasteiger partial charge is 0.256 e. The Morgan fingerprint density at radius 1 is 1.05 bits per heavy atom. The molecule has 1 aliphatic heterocycles. The molecule has 3 rings (SSSR count). The first-order valence-electron chi connectivity index (χ1n) is 6.88. The van der Waals surface area contributed by atoms with E-state index in [0.717, 1.165) is 18.9 Å². The van der Waals surface area contributed by atoms with Gasteiger partial charge in [0, 0.05) is 23.7 Å². The van der Waals surface area contributed by atoms with Crippen LogP contribution in [0.4, 0.5) is 11.6 Å². The highest BCUT2D eigenvalue weighted by molar-refractivity contribution is 6.30. The van der Waals surface area contributed by atoms with Crippen molar-refractivity contribution in [2.45, 2.75) is 12.8 Å². The third kappa shape index (κ3) is 3.31. The van der Waals surface area contributed by atoms with Gasteiger partial charge in [-0.05, 0) is 49.2 Å². The maximum Gasteiger partial charge on any atom is 0.256 e. The van der Waals surface area contributed by atoms with Gasteiger partial charge in [0.2, 0.25) is 0 Å². The molecule has 0 atom stereocenters. The van der Waals surface area contributed by atoms with Crippen molar-refractivity contribution in [3.8, 4) is 0 Å². The van der Waals surface area contributed by atoms with Crippen molar-refractivity contribution in [2.75, 3.05) is 23.3 Å². The zero-order valence-electron chi connectivity index (χ0n) is 11.4. The summed E-state index contributed by atoms with van der Waals surface area (Å²) in [5.74, 6) is 1.07. The fourth-order valence-electron chi connectivity index (χ4n) is 2.30. The van der Waals surface area contributed by atoms with Crippen LogP contribution in [-0.2, 0) is 0 Å². The average molecular weight is 303 g/mol. The number of nitrogens with zero attached hydrogens (tertiary/aromatic N) is 3. The monoisotopic (exact) mass is 302 g/mol. The number of carbonyl (C=O) groups excluding carboxylic acids is 1. The number of hydrogen-bond donors (Lipinski definition) is 1. The van der Waals surface area contributed by atoms with Crippen molar-refractivity contribution < 1.29 is 4.79 Å². The minimum atomic E-state index is -0.227. The predicted octanol–water partition coefficient (Wildman–Crippen LogP) is 2.98. The van der Waals surface area contributed by atoms with Gasteiger partial charge in [-0.3, -0.25) is 4.79 Å². The molecule has 5 nitrogen and oxygen atoms in total. The van der Waals surface area contributed by atoms with Crippen molar-refractivity contribution >= 4 is 29.1 Å². The molecule has 108 valence electrons. The molecule has 2 aromatic rings. The molecule has 1 amide bonds. The predicted molar refractivity (Wildman–Crippen MR) is 82.9 cm³/mol. The van der Waals surface area contributed by atoms with E-state index in [0.29, 0.717) is 16.4 Å². The Kier molecular flexibility index (Phi) is 4.01. The summed E-state index contributed by atoms with van der Waals surface area (Å²) in [5, 5.41) is 11.5. The molecule has 1 aliphatic rings. The number of benzene rings is 1. The van der Waals surface area contributed by atoms with Crippen LogP contribution in [0.25, 0.3) is 0 Å². The molecule has 0 radical (unpaired) electrons. The molecule has 0 unspecified atom stereocenters. The SMILES string of the molecule is O=C(Nc1ccc(N2CCCC2)nn1)c1ccc(Cl)cc1. The normalized spacial score (nSPS) is 14.2. The lowest BCUT2D eigenvalue weighted by Gasteiger charge is -2.15. The first kappa shape index (κ1) is 13.8. The van der Waals surface area contributed by atoms with Gasteiger partial charge < -0.3 is 10.2 Å². The second kappa shape index (κ2) is 6.10. The van der Waals surface area contributed by atoms with E-state index >= 15 is 0 Å². The van der Waals surface area contributed by atoms with Crippen molar-refractivity contribution in [2.24, 2.45) is 0 Å². The molecule has 1 saturated heterocycles. The van der Waals surface area contributed by atoms with Crippen LogP contribution in [0.3, 0.4) is 0 Å². The summed E-state index contributed by atoms with van der Waals surface area (Å²) in [4.78, 5) is 14.2. The number of halogens is 1. The molecule has 0 saturated carbocycles. The van der Waals surface area contributed by atoms with Gasteiger partial charge in [0.1, 0.15) is 0 Å². The Bertz CT molecular complexity index is 621. The largest absolute Gasteiger partial charge is 0.355 e. The van der Waals surface area contributed by atoms with Gasteiger partial charge >= 0.3 is 0 Å². The topological polar surface area (TPSA) is 58.1 Å². The molecule has 0 bridgehead atoms. The van der Waals surface area contributed by atoms with E-state index in [2.05, 4.69) is 20.4 Å². The van der Waals surface area contributed by atoms with Crippen LogP contribution in [-0.4, -0.2) is 29.2 Å². The lowest BCUT2D eigenvalue weighted by Crippen LogP contribution is -2.20. The van der Waals surface area contributed by atoms with E-state index < -0.39 is 0 Å². The molecular weight excluding hydrogens is 288 g/mol. The van der Waals surface area contributed by atoms with Gasteiger partial charge in [0.15, 0.2) is 11.6 Å². The molecule has 1 fully saturated rings. The van der Waals surface area contributed by atoms with Gasteiger partial charge in [-0.2, -0.15) is 0 Å². The number of rotatable bonds is 3. The molecule has 1 N–H and O–H groups in total. The van der Waals surface area contributed by atoms with E-state index in [1.807, 2.05) is 6.07 Å². The number of nitrogens with one attached hydrogen (secondary N) is 1. The quantitative estimate of drug-likeness (QED) is 0.947. The third-order valence-electron chi connectivity index (χ3n) is 3.43. The molecule has 2 heterocycles. The van der Waals surface area contributed by atoms with Gasteiger partial charge in [0.25, 0.3) is 5.91 Å². The van der Waals surface area contributed by atoms with Crippen molar-refractivity contribution in [3.63, 3.8) is 0 Å². The van der Waals surface area contributed by atoms with Crippen LogP contribution in [0.5, 0.6) is 0 Å². The zero-order valence-corrected chi connectivity index (χ0v) is 12.2. The fourth-order valence-corrected chi connectivity index (χ4v) is 2.42. The maximum atomic E-state index is 12.0.